The maximum absolute atomic E-state index is 13.2. The van der Waals surface area contributed by atoms with Crippen LogP contribution in [0.2, 0.25) is 5.02 Å². The van der Waals surface area contributed by atoms with Gasteiger partial charge in [0.1, 0.15) is 29.9 Å². The molecule has 5 aromatic rings. The van der Waals surface area contributed by atoms with E-state index in [2.05, 4.69) is 37.0 Å². The molecule has 0 bridgehead atoms. The number of hydrogen-bond donors (Lipinski definition) is 3. The number of amides is 1. The van der Waals surface area contributed by atoms with Crippen molar-refractivity contribution in [1.29, 1.82) is 5.26 Å². The Morgan fingerprint density at radius 2 is 1.82 bits per heavy atom. The summed E-state index contributed by atoms with van der Waals surface area (Å²) in [4.78, 5) is 26.1. The Morgan fingerprint density at radius 1 is 1.00 bits per heavy atom. The second kappa shape index (κ2) is 13.9. The standard InChI is InChI=1S/C34H28ClN7O3/c35-28-18-24(4-6-29(28)44-21-25-3-1-2-12-39-25)41-32-23(19-36)20-40-33-27(32)5-7-30(45-26-10-15-38-16-11-26)34(33)42-31(43)17-22-8-13-37-14-9-22/h1-7,10-12,15-18,20,37H,8-9,13-14,21H2,(H,40,41)(H,42,43). The Labute approximate surface area is 264 Å². The van der Waals surface area contributed by atoms with Crippen LogP contribution in [-0.2, 0) is 11.4 Å². The molecule has 0 unspecified atom stereocenters. The summed E-state index contributed by atoms with van der Waals surface area (Å²) in [7, 11) is 0. The Morgan fingerprint density at radius 3 is 2.58 bits per heavy atom. The van der Waals surface area contributed by atoms with Gasteiger partial charge in [-0.1, -0.05) is 23.2 Å². The van der Waals surface area contributed by atoms with E-state index in [0.29, 0.717) is 55.8 Å². The first-order valence-electron chi connectivity index (χ1n) is 14.3. The highest BCUT2D eigenvalue weighted by Crippen LogP contribution is 2.40. The van der Waals surface area contributed by atoms with Gasteiger partial charge < -0.3 is 25.4 Å². The first-order valence-corrected chi connectivity index (χ1v) is 14.7. The van der Waals surface area contributed by atoms with E-state index >= 15 is 0 Å². The molecule has 0 spiro atoms. The number of piperidine rings is 1. The SMILES string of the molecule is N#Cc1cnc2c(NC(=O)C=C3CCNCC3)c(Oc3ccncc3)ccc2c1Nc1ccc(OCc2ccccn2)c(Cl)c1. The number of ether oxygens (including phenoxy) is 2. The normalized spacial score (nSPS) is 12.7. The number of fused-ring (bicyclic) bond motifs is 1. The fourth-order valence-electron chi connectivity index (χ4n) is 4.92. The molecule has 1 saturated heterocycles. The third-order valence-corrected chi connectivity index (χ3v) is 7.43. The fourth-order valence-corrected chi connectivity index (χ4v) is 5.15. The number of hydrogen-bond acceptors (Lipinski definition) is 9. The lowest BCUT2D eigenvalue weighted by molar-refractivity contribution is -0.112. The van der Waals surface area contributed by atoms with Gasteiger partial charge in [0.05, 0.1) is 27.5 Å². The average molecular weight is 618 g/mol. The minimum Gasteiger partial charge on any atom is -0.486 e. The average Bonchev–Trinajstić information content (AvgIpc) is 3.07. The molecular weight excluding hydrogens is 590 g/mol. The monoisotopic (exact) mass is 617 g/mol. The summed E-state index contributed by atoms with van der Waals surface area (Å²) >= 11 is 6.57. The molecule has 1 aliphatic heterocycles. The molecule has 3 aromatic heterocycles. The first-order chi connectivity index (χ1) is 22.1. The zero-order valence-electron chi connectivity index (χ0n) is 24.1. The van der Waals surface area contributed by atoms with E-state index in [4.69, 9.17) is 21.1 Å². The van der Waals surface area contributed by atoms with Crippen molar-refractivity contribution in [2.75, 3.05) is 23.7 Å². The molecule has 11 heteroatoms. The molecule has 224 valence electrons. The van der Waals surface area contributed by atoms with Gasteiger partial charge in [-0.25, -0.2) is 0 Å². The topological polar surface area (TPSA) is 134 Å². The fraction of sp³-hybridized carbons (Fsp3) is 0.147. The van der Waals surface area contributed by atoms with Crippen molar-refractivity contribution in [2.24, 2.45) is 0 Å². The maximum Gasteiger partial charge on any atom is 0.248 e. The van der Waals surface area contributed by atoms with E-state index in [0.717, 1.165) is 37.2 Å². The van der Waals surface area contributed by atoms with E-state index in [1.165, 1.54) is 6.20 Å². The van der Waals surface area contributed by atoms with Gasteiger partial charge in [-0.15, -0.1) is 0 Å². The van der Waals surface area contributed by atoms with E-state index < -0.39 is 0 Å². The van der Waals surface area contributed by atoms with Gasteiger partial charge in [0, 0.05) is 41.9 Å². The molecule has 1 aliphatic rings. The lowest BCUT2D eigenvalue weighted by Crippen LogP contribution is -2.24. The number of nitrogens with zero attached hydrogens (tertiary/aromatic N) is 4. The summed E-state index contributed by atoms with van der Waals surface area (Å²) in [5.74, 6) is 1.15. The number of nitriles is 1. The van der Waals surface area contributed by atoms with Crippen LogP contribution in [0.1, 0.15) is 24.1 Å². The third kappa shape index (κ3) is 7.18. The van der Waals surface area contributed by atoms with Gasteiger partial charge in [-0.05, 0) is 80.5 Å². The van der Waals surface area contributed by atoms with Crippen LogP contribution in [0.3, 0.4) is 0 Å². The molecule has 2 aromatic carbocycles. The van der Waals surface area contributed by atoms with Crippen molar-refractivity contribution in [2.45, 2.75) is 19.4 Å². The van der Waals surface area contributed by atoms with Crippen molar-refractivity contribution >= 4 is 45.5 Å². The number of halogens is 1. The maximum atomic E-state index is 13.2. The van der Waals surface area contributed by atoms with Crippen molar-refractivity contribution < 1.29 is 14.3 Å². The molecule has 1 amide bonds. The van der Waals surface area contributed by atoms with Crippen LogP contribution in [0.15, 0.2) is 97.1 Å². The van der Waals surface area contributed by atoms with Gasteiger partial charge >= 0.3 is 0 Å². The lowest BCUT2D eigenvalue weighted by Gasteiger charge is -2.18. The first kappa shape index (κ1) is 29.6. The van der Waals surface area contributed by atoms with Crippen LogP contribution in [0.4, 0.5) is 17.1 Å². The van der Waals surface area contributed by atoms with Crippen LogP contribution in [0.5, 0.6) is 17.2 Å². The van der Waals surface area contributed by atoms with Crippen molar-refractivity contribution in [3.63, 3.8) is 0 Å². The zero-order chi connectivity index (χ0) is 31.0. The molecule has 0 atom stereocenters. The summed E-state index contributed by atoms with van der Waals surface area (Å²) < 4.78 is 12.0. The summed E-state index contributed by atoms with van der Waals surface area (Å²) in [6.07, 6.45) is 9.65. The summed E-state index contributed by atoms with van der Waals surface area (Å²) in [5.41, 5.74) is 4.11. The number of rotatable bonds is 9. The Hall–Kier alpha value is -5.50. The summed E-state index contributed by atoms with van der Waals surface area (Å²) in [6.45, 7) is 1.93. The molecule has 10 nitrogen and oxygen atoms in total. The third-order valence-electron chi connectivity index (χ3n) is 7.13. The minimum absolute atomic E-state index is 0.271. The highest BCUT2D eigenvalue weighted by atomic mass is 35.5. The predicted molar refractivity (Wildman–Crippen MR) is 173 cm³/mol. The largest absolute Gasteiger partial charge is 0.486 e. The molecule has 0 aliphatic carbocycles. The van der Waals surface area contributed by atoms with Crippen LogP contribution >= 0.6 is 11.6 Å². The zero-order valence-corrected chi connectivity index (χ0v) is 24.8. The molecule has 45 heavy (non-hydrogen) atoms. The molecule has 1 fully saturated rings. The van der Waals surface area contributed by atoms with Crippen LogP contribution in [0.25, 0.3) is 10.9 Å². The molecule has 6 rings (SSSR count). The number of nitrogens with one attached hydrogen (secondary N) is 3. The van der Waals surface area contributed by atoms with E-state index in [9.17, 15) is 10.1 Å². The molecular formula is C34H28ClN7O3. The summed E-state index contributed by atoms with van der Waals surface area (Å²) in [6, 6.07) is 20.1. The van der Waals surface area contributed by atoms with E-state index in [-0.39, 0.29) is 12.5 Å². The molecule has 4 heterocycles. The van der Waals surface area contributed by atoms with E-state index in [1.54, 1.807) is 61.1 Å². The summed E-state index contributed by atoms with van der Waals surface area (Å²) in [5, 5.41) is 20.6. The highest BCUT2D eigenvalue weighted by Gasteiger charge is 2.19. The van der Waals surface area contributed by atoms with Crippen molar-refractivity contribution in [3.05, 3.63) is 113 Å². The second-order valence-corrected chi connectivity index (χ2v) is 10.6. The number of carbonyl (C=O) groups excluding carboxylic acids is 1. The predicted octanol–water partition coefficient (Wildman–Crippen LogP) is 6.91. The van der Waals surface area contributed by atoms with Gasteiger partial charge in [0.2, 0.25) is 5.91 Å². The second-order valence-electron chi connectivity index (χ2n) is 10.2. The molecule has 3 N–H and O–H groups in total. The quantitative estimate of drug-likeness (QED) is 0.151. The Bertz CT molecular complexity index is 1900. The smallest absolute Gasteiger partial charge is 0.248 e. The lowest BCUT2D eigenvalue weighted by atomic mass is 10.0. The van der Waals surface area contributed by atoms with Gasteiger partial charge in [-0.3, -0.25) is 19.7 Å². The van der Waals surface area contributed by atoms with Crippen molar-refractivity contribution in [3.8, 4) is 23.3 Å². The van der Waals surface area contributed by atoms with Crippen LogP contribution in [-0.4, -0.2) is 33.9 Å². The van der Waals surface area contributed by atoms with Crippen molar-refractivity contribution in [1.82, 2.24) is 20.3 Å². The Kier molecular flexibility index (Phi) is 9.11. The number of carbonyl (C=O) groups is 1. The molecule has 0 radical (unpaired) electrons. The van der Waals surface area contributed by atoms with Gasteiger partial charge in [0.25, 0.3) is 0 Å². The van der Waals surface area contributed by atoms with Crippen LogP contribution < -0.4 is 25.4 Å². The Balaban J connectivity index is 1.34. The van der Waals surface area contributed by atoms with Crippen LogP contribution in [0, 0.1) is 11.3 Å². The number of aromatic nitrogens is 3. The number of pyridine rings is 3. The highest BCUT2D eigenvalue weighted by molar-refractivity contribution is 6.32. The van der Waals surface area contributed by atoms with Gasteiger partial charge in [0.15, 0.2) is 5.75 Å². The number of anilines is 3. The van der Waals surface area contributed by atoms with E-state index in [1.807, 2.05) is 24.3 Å². The number of benzene rings is 2. The van der Waals surface area contributed by atoms with Gasteiger partial charge in [-0.2, -0.15) is 5.26 Å². The minimum atomic E-state index is -0.285. The molecule has 0 saturated carbocycles.